The second-order valence-electron chi connectivity index (χ2n) is 6.88. The molecule has 0 radical (unpaired) electrons. The normalized spacial score (nSPS) is 15.5. The summed E-state index contributed by atoms with van der Waals surface area (Å²) in [7, 11) is 3.45. The number of methoxy groups -OCH3 is 1. The summed E-state index contributed by atoms with van der Waals surface area (Å²) in [6, 6.07) is 15.6. The van der Waals surface area contributed by atoms with Crippen LogP contribution in [0.25, 0.3) is 11.1 Å². The molecule has 1 aliphatic rings. The average molecular weight is 377 g/mol. The molecule has 0 aliphatic carbocycles. The maximum atomic E-state index is 13.0. The highest BCUT2D eigenvalue weighted by atomic mass is 16.5. The van der Waals surface area contributed by atoms with Gasteiger partial charge in [0.2, 0.25) is 0 Å². The largest absolute Gasteiger partial charge is 0.496 e. The third kappa shape index (κ3) is 3.22. The van der Waals surface area contributed by atoms with E-state index in [2.05, 4.69) is 10.4 Å². The van der Waals surface area contributed by atoms with E-state index in [-0.39, 0.29) is 5.91 Å². The number of carbonyl (C=O) groups is 1. The van der Waals surface area contributed by atoms with Crippen molar-refractivity contribution in [2.75, 3.05) is 12.4 Å². The zero-order valence-corrected chi connectivity index (χ0v) is 16.2. The Bertz CT molecular complexity index is 1030. The number of fused-ring (bicyclic) bond motifs is 1. The van der Waals surface area contributed by atoms with Crippen molar-refractivity contribution in [3.8, 4) is 22.6 Å². The maximum absolute atomic E-state index is 13.0. The molecular weight excluding hydrogens is 354 g/mol. The van der Waals surface area contributed by atoms with Crippen LogP contribution < -0.4 is 14.8 Å². The molecular formula is C22H23N3O3. The number of hydrogen-bond donors (Lipinski definition) is 1. The second-order valence-corrected chi connectivity index (χ2v) is 6.88. The van der Waals surface area contributed by atoms with Crippen LogP contribution in [0.15, 0.2) is 48.5 Å². The molecule has 4 rings (SSSR count). The van der Waals surface area contributed by atoms with Crippen molar-refractivity contribution in [2.24, 2.45) is 7.05 Å². The second kappa shape index (κ2) is 7.38. The van der Waals surface area contributed by atoms with E-state index >= 15 is 0 Å². The fourth-order valence-corrected chi connectivity index (χ4v) is 3.68. The molecule has 1 amide bonds. The summed E-state index contributed by atoms with van der Waals surface area (Å²) in [6.07, 6.45) is 0.928. The lowest BCUT2D eigenvalue weighted by Gasteiger charge is -2.25. The number of benzene rings is 2. The van der Waals surface area contributed by atoms with Crippen LogP contribution in [0, 0.1) is 6.92 Å². The Balaban J connectivity index is 1.63. The number of para-hydroxylation sites is 2. The molecule has 28 heavy (non-hydrogen) atoms. The molecule has 2 heterocycles. The van der Waals surface area contributed by atoms with E-state index in [9.17, 15) is 4.79 Å². The zero-order valence-electron chi connectivity index (χ0n) is 16.2. The summed E-state index contributed by atoms with van der Waals surface area (Å²) in [6.45, 7) is 1.92. The molecule has 6 heteroatoms. The van der Waals surface area contributed by atoms with Gasteiger partial charge in [0.05, 0.1) is 18.4 Å². The molecule has 1 aromatic heterocycles. The highest BCUT2D eigenvalue weighted by Gasteiger charge is 2.28. The van der Waals surface area contributed by atoms with Gasteiger partial charge in [0, 0.05) is 12.6 Å². The predicted molar refractivity (Wildman–Crippen MR) is 108 cm³/mol. The minimum atomic E-state index is -0.532. The number of aromatic nitrogens is 2. The summed E-state index contributed by atoms with van der Waals surface area (Å²) in [5.74, 6) is 1.97. The molecule has 1 aliphatic heterocycles. The van der Waals surface area contributed by atoms with E-state index in [0.29, 0.717) is 12.2 Å². The number of nitrogens with zero attached hydrogens (tertiary/aromatic N) is 2. The van der Waals surface area contributed by atoms with Crippen LogP contribution in [0.3, 0.4) is 0 Å². The molecule has 0 fully saturated rings. The topological polar surface area (TPSA) is 65.4 Å². The molecule has 1 N–H and O–H groups in total. The Morgan fingerprint density at radius 2 is 1.96 bits per heavy atom. The van der Waals surface area contributed by atoms with Crippen molar-refractivity contribution < 1.29 is 14.3 Å². The number of nitrogens with one attached hydrogen (secondary N) is 1. The first-order valence-corrected chi connectivity index (χ1v) is 9.31. The van der Waals surface area contributed by atoms with Gasteiger partial charge in [-0.2, -0.15) is 5.10 Å². The van der Waals surface area contributed by atoms with Crippen LogP contribution in [0.4, 0.5) is 5.82 Å². The smallest absolute Gasteiger partial charge is 0.266 e. The van der Waals surface area contributed by atoms with Gasteiger partial charge in [-0.05, 0) is 37.5 Å². The lowest BCUT2D eigenvalue weighted by atomic mass is 10.0. The number of carbonyl (C=O) groups excluding carboxylic acids is 1. The Morgan fingerprint density at radius 3 is 2.79 bits per heavy atom. The number of ether oxygens (including phenoxy) is 2. The molecule has 0 saturated heterocycles. The van der Waals surface area contributed by atoms with Crippen LogP contribution in [0.2, 0.25) is 0 Å². The summed E-state index contributed by atoms with van der Waals surface area (Å²) in [5.41, 5.74) is 3.69. The molecule has 0 spiro atoms. The third-order valence-corrected chi connectivity index (χ3v) is 5.05. The number of rotatable bonds is 4. The predicted octanol–water partition coefficient (Wildman–Crippen LogP) is 3.74. The van der Waals surface area contributed by atoms with Crippen molar-refractivity contribution in [3.63, 3.8) is 0 Å². The van der Waals surface area contributed by atoms with Crippen molar-refractivity contribution in [3.05, 3.63) is 59.8 Å². The Hall–Kier alpha value is -3.28. The van der Waals surface area contributed by atoms with Crippen LogP contribution in [-0.2, 0) is 18.3 Å². The fraction of sp³-hybridized carbons (Fsp3) is 0.273. The van der Waals surface area contributed by atoms with E-state index in [1.54, 1.807) is 11.8 Å². The minimum Gasteiger partial charge on any atom is -0.496 e. The highest BCUT2D eigenvalue weighted by Crippen LogP contribution is 2.37. The number of aryl methyl sites for hydroxylation is 3. The van der Waals surface area contributed by atoms with E-state index in [4.69, 9.17) is 9.47 Å². The number of anilines is 1. The summed E-state index contributed by atoms with van der Waals surface area (Å²) >= 11 is 0. The van der Waals surface area contributed by atoms with Gasteiger partial charge in [-0.25, -0.2) is 0 Å². The Labute approximate surface area is 164 Å². The molecule has 6 nitrogen and oxygen atoms in total. The first-order chi connectivity index (χ1) is 13.6. The van der Waals surface area contributed by atoms with Crippen molar-refractivity contribution in [1.82, 2.24) is 9.78 Å². The third-order valence-electron chi connectivity index (χ3n) is 5.05. The summed E-state index contributed by atoms with van der Waals surface area (Å²) < 4.78 is 13.1. The SMILES string of the molecule is COc1ccccc1-c1c(C)nn(C)c1NC(=O)[C@H]1CCc2ccccc2O1. The van der Waals surface area contributed by atoms with E-state index in [0.717, 1.165) is 40.3 Å². The molecule has 2 aromatic carbocycles. The molecule has 144 valence electrons. The Morgan fingerprint density at radius 1 is 1.21 bits per heavy atom. The van der Waals surface area contributed by atoms with Crippen LogP contribution in [0.5, 0.6) is 11.5 Å². The standard InChI is InChI=1S/C22H23N3O3/c1-14-20(16-9-5-7-11-18(16)27-3)21(25(2)24-14)23-22(26)19-13-12-15-8-4-6-10-17(15)28-19/h4-11,19H,12-13H2,1-3H3,(H,23,26)/t19-/m1/s1. The van der Waals surface area contributed by atoms with E-state index in [1.165, 1.54) is 0 Å². The van der Waals surface area contributed by atoms with Crippen LogP contribution >= 0.6 is 0 Å². The Kier molecular flexibility index (Phi) is 4.77. The van der Waals surface area contributed by atoms with Crippen LogP contribution in [0.1, 0.15) is 17.7 Å². The lowest BCUT2D eigenvalue weighted by Crippen LogP contribution is -2.36. The van der Waals surface area contributed by atoms with Gasteiger partial charge < -0.3 is 14.8 Å². The highest BCUT2D eigenvalue weighted by molar-refractivity contribution is 5.98. The number of amides is 1. The first-order valence-electron chi connectivity index (χ1n) is 9.31. The molecule has 1 atom stereocenters. The van der Waals surface area contributed by atoms with Gasteiger partial charge in [0.1, 0.15) is 17.3 Å². The van der Waals surface area contributed by atoms with Gasteiger partial charge in [0.15, 0.2) is 6.10 Å². The quantitative estimate of drug-likeness (QED) is 0.752. The van der Waals surface area contributed by atoms with Crippen molar-refractivity contribution >= 4 is 11.7 Å². The fourth-order valence-electron chi connectivity index (χ4n) is 3.68. The molecule has 0 saturated carbocycles. The molecule has 3 aromatic rings. The van der Waals surface area contributed by atoms with Gasteiger partial charge in [-0.15, -0.1) is 0 Å². The number of hydrogen-bond acceptors (Lipinski definition) is 4. The van der Waals surface area contributed by atoms with Gasteiger partial charge in [-0.1, -0.05) is 36.4 Å². The molecule has 0 bridgehead atoms. The zero-order chi connectivity index (χ0) is 19.7. The minimum absolute atomic E-state index is 0.173. The summed E-state index contributed by atoms with van der Waals surface area (Å²) in [4.78, 5) is 13.0. The van der Waals surface area contributed by atoms with E-state index < -0.39 is 6.10 Å². The van der Waals surface area contributed by atoms with Crippen molar-refractivity contribution in [1.29, 1.82) is 0 Å². The summed E-state index contributed by atoms with van der Waals surface area (Å²) in [5, 5.41) is 7.53. The molecule has 0 unspecified atom stereocenters. The van der Waals surface area contributed by atoms with Crippen molar-refractivity contribution in [2.45, 2.75) is 25.9 Å². The van der Waals surface area contributed by atoms with Gasteiger partial charge in [-0.3, -0.25) is 9.48 Å². The average Bonchev–Trinajstić information content (AvgIpc) is 3.00. The first kappa shape index (κ1) is 18.1. The van der Waals surface area contributed by atoms with Gasteiger partial charge >= 0.3 is 0 Å². The van der Waals surface area contributed by atoms with Crippen LogP contribution in [-0.4, -0.2) is 28.9 Å². The lowest BCUT2D eigenvalue weighted by molar-refractivity contribution is -0.123. The monoisotopic (exact) mass is 377 g/mol. The van der Waals surface area contributed by atoms with E-state index in [1.807, 2.05) is 62.5 Å². The van der Waals surface area contributed by atoms with Gasteiger partial charge in [0.25, 0.3) is 5.91 Å². The maximum Gasteiger partial charge on any atom is 0.266 e.